The second kappa shape index (κ2) is 7.59. The summed E-state index contributed by atoms with van der Waals surface area (Å²) in [5.41, 5.74) is 2.53. The summed E-state index contributed by atoms with van der Waals surface area (Å²) >= 11 is 0. The van der Waals surface area contributed by atoms with Crippen LogP contribution in [-0.4, -0.2) is 47.1 Å². The van der Waals surface area contributed by atoms with Crippen LogP contribution >= 0.6 is 0 Å². The number of nitrogens with zero attached hydrogens (tertiary/aromatic N) is 2. The Kier molecular flexibility index (Phi) is 5.28. The lowest BCUT2D eigenvalue weighted by Gasteiger charge is -2.18. The lowest BCUT2D eigenvalue weighted by Crippen LogP contribution is -2.21. The molecular formula is C18H25N3O2. The third-order valence-corrected chi connectivity index (χ3v) is 4.75. The molecule has 3 rings (SSSR count). The van der Waals surface area contributed by atoms with Crippen LogP contribution in [0.5, 0.6) is 0 Å². The van der Waals surface area contributed by atoms with Crippen molar-refractivity contribution >= 4 is 11.8 Å². The maximum atomic E-state index is 10.5. The van der Waals surface area contributed by atoms with Gasteiger partial charge in [-0.05, 0) is 56.2 Å². The van der Waals surface area contributed by atoms with Gasteiger partial charge in [-0.2, -0.15) is 0 Å². The first-order valence-corrected chi connectivity index (χ1v) is 8.55. The largest absolute Gasteiger partial charge is 0.478 e. The molecule has 1 aromatic rings. The van der Waals surface area contributed by atoms with Gasteiger partial charge in [0.2, 0.25) is 0 Å². The third-order valence-electron chi connectivity index (χ3n) is 4.75. The number of carboxylic acid groups (broad SMARTS) is 1. The Balaban J connectivity index is 1.45. The molecule has 1 saturated heterocycles. The van der Waals surface area contributed by atoms with Crippen LogP contribution in [0.3, 0.4) is 0 Å². The summed E-state index contributed by atoms with van der Waals surface area (Å²) < 4.78 is 0. The Hall–Kier alpha value is -1.88. The van der Waals surface area contributed by atoms with E-state index in [0.29, 0.717) is 5.92 Å². The van der Waals surface area contributed by atoms with Crippen LogP contribution in [0.2, 0.25) is 0 Å². The van der Waals surface area contributed by atoms with Gasteiger partial charge in [0, 0.05) is 31.4 Å². The standard InChI is InChI=1S/C18H25N3O2/c22-17(23)4-2-11-21-12-9-14(13-21)5-7-16-8-6-15-3-1-10-19-18(15)20-16/h2,4,6,8,14H,1,3,5,7,9-13H2,(H,19,20)(H,22,23). The van der Waals surface area contributed by atoms with Crippen molar-refractivity contribution < 1.29 is 9.90 Å². The van der Waals surface area contributed by atoms with Gasteiger partial charge >= 0.3 is 5.97 Å². The molecule has 0 bridgehead atoms. The number of aromatic nitrogens is 1. The van der Waals surface area contributed by atoms with Gasteiger partial charge in [0.25, 0.3) is 0 Å². The number of rotatable bonds is 6. The summed E-state index contributed by atoms with van der Waals surface area (Å²) in [6.45, 7) is 3.90. The van der Waals surface area contributed by atoms with Gasteiger partial charge in [-0.1, -0.05) is 12.1 Å². The van der Waals surface area contributed by atoms with Crippen LogP contribution in [0.4, 0.5) is 5.82 Å². The predicted octanol–water partition coefficient (Wildman–Crippen LogP) is 2.33. The van der Waals surface area contributed by atoms with Crippen LogP contribution in [-0.2, 0) is 17.6 Å². The minimum Gasteiger partial charge on any atom is -0.478 e. The molecular weight excluding hydrogens is 290 g/mol. The number of hydrogen-bond acceptors (Lipinski definition) is 4. The van der Waals surface area contributed by atoms with E-state index < -0.39 is 5.97 Å². The van der Waals surface area contributed by atoms with Crippen molar-refractivity contribution in [3.05, 3.63) is 35.5 Å². The fourth-order valence-corrected chi connectivity index (χ4v) is 3.48. The molecule has 3 heterocycles. The Morgan fingerprint density at radius 2 is 2.39 bits per heavy atom. The fraction of sp³-hybridized carbons (Fsp3) is 0.556. The Morgan fingerprint density at radius 1 is 1.48 bits per heavy atom. The highest BCUT2D eigenvalue weighted by Crippen LogP contribution is 2.23. The zero-order valence-corrected chi connectivity index (χ0v) is 13.5. The number of anilines is 1. The van der Waals surface area contributed by atoms with Gasteiger partial charge in [-0.3, -0.25) is 4.90 Å². The van der Waals surface area contributed by atoms with Gasteiger partial charge in [-0.25, -0.2) is 9.78 Å². The number of nitrogens with one attached hydrogen (secondary N) is 1. The summed E-state index contributed by atoms with van der Waals surface area (Å²) in [5, 5.41) is 12.0. The number of aryl methyl sites for hydroxylation is 2. The van der Waals surface area contributed by atoms with E-state index in [1.54, 1.807) is 6.08 Å². The molecule has 2 aliphatic heterocycles. The van der Waals surface area contributed by atoms with Crippen molar-refractivity contribution in [2.24, 2.45) is 5.92 Å². The van der Waals surface area contributed by atoms with Crippen LogP contribution in [0.1, 0.15) is 30.5 Å². The number of carboxylic acids is 1. The van der Waals surface area contributed by atoms with Crippen molar-refractivity contribution in [3.8, 4) is 0 Å². The van der Waals surface area contributed by atoms with Crippen LogP contribution < -0.4 is 5.32 Å². The predicted molar refractivity (Wildman–Crippen MR) is 90.7 cm³/mol. The molecule has 5 nitrogen and oxygen atoms in total. The molecule has 23 heavy (non-hydrogen) atoms. The molecule has 0 amide bonds. The van der Waals surface area contributed by atoms with E-state index in [-0.39, 0.29) is 0 Å². The van der Waals surface area contributed by atoms with Crippen molar-refractivity contribution in [3.63, 3.8) is 0 Å². The van der Waals surface area contributed by atoms with E-state index >= 15 is 0 Å². The van der Waals surface area contributed by atoms with Gasteiger partial charge in [0.15, 0.2) is 0 Å². The Labute approximate surface area is 137 Å². The maximum absolute atomic E-state index is 10.5. The number of likely N-dealkylation sites (tertiary alicyclic amines) is 1. The zero-order valence-electron chi connectivity index (χ0n) is 13.5. The van der Waals surface area contributed by atoms with Gasteiger partial charge < -0.3 is 10.4 Å². The molecule has 0 aromatic carbocycles. The SMILES string of the molecule is O=C(O)C=CCN1CCC(CCc2ccc3c(n2)NCCC3)C1. The fourth-order valence-electron chi connectivity index (χ4n) is 3.48. The van der Waals surface area contributed by atoms with E-state index in [1.165, 1.54) is 30.2 Å². The summed E-state index contributed by atoms with van der Waals surface area (Å²) in [6.07, 6.45) is 8.69. The van der Waals surface area contributed by atoms with Gasteiger partial charge in [0.1, 0.15) is 5.82 Å². The highest BCUT2D eigenvalue weighted by molar-refractivity contribution is 5.79. The molecule has 1 atom stereocenters. The van der Waals surface area contributed by atoms with Crippen LogP contribution in [0.15, 0.2) is 24.3 Å². The topological polar surface area (TPSA) is 65.5 Å². The molecule has 0 aliphatic carbocycles. The Morgan fingerprint density at radius 3 is 3.26 bits per heavy atom. The quantitative estimate of drug-likeness (QED) is 0.789. The average Bonchev–Trinajstić information content (AvgIpc) is 3.00. The molecule has 1 fully saturated rings. The minimum atomic E-state index is -0.868. The van der Waals surface area contributed by atoms with Crippen molar-refractivity contribution in [2.45, 2.75) is 32.1 Å². The molecule has 2 N–H and O–H groups in total. The zero-order chi connectivity index (χ0) is 16.1. The first-order chi connectivity index (χ1) is 11.2. The highest BCUT2D eigenvalue weighted by atomic mass is 16.4. The molecule has 0 spiro atoms. The monoisotopic (exact) mass is 315 g/mol. The minimum absolute atomic E-state index is 0.694. The van der Waals surface area contributed by atoms with E-state index in [9.17, 15) is 4.79 Å². The normalized spacial score (nSPS) is 21.3. The lowest BCUT2D eigenvalue weighted by molar-refractivity contribution is -0.131. The molecule has 1 aromatic heterocycles. The molecule has 124 valence electrons. The average molecular weight is 315 g/mol. The second-order valence-electron chi connectivity index (χ2n) is 6.53. The van der Waals surface area contributed by atoms with Crippen molar-refractivity contribution in [2.75, 3.05) is 31.5 Å². The van der Waals surface area contributed by atoms with E-state index in [1.807, 2.05) is 0 Å². The summed E-state index contributed by atoms with van der Waals surface area (Å²) in [7, 11) is 0. The molecule has 5 heteroatoms. The number of carbonyl (C=O) groups is 1. The third kappa shape index (κ3) is 4.55. The van der Waals surface area contributed by atoms with Gasteiger partial charge in [-0.15, -0.1) is 0 Å². The summed E-state index contributed by atoms with van der Waals surface area (Å²) in [6, 6.07) is 4.40. The van der Waals surface area contributed by atoms with Crippen molar-refractivity contribution in [1.82, 2.24) is 9.88 Å². The van der Waals surface area contributed by atoms with Crippen LogP contribution in [0.25, 0.3) is 0 Å². The maximum Gasteiger partial charge on any atom is 0.328 e. The first kappa shape index (κ1) is 16.0. The molecule has 1 unspecified atom stereocenters. The van der Waals surface area contributed by atoms with Gasteiger partial charge in [0.05, 0.1) is 0 Å². The number of hydrogen-bond donors (Lipinski definition) is 2. The number of aliphatic carboxylic acids is 1. The van der Waals surface area contributed by atoms with Crippen molar-refractivity contribution in [1.29, 1.82) is 0 Å². The van der Waals surface area contributed by atoms with E-state index in [4.69, 9.17) is 10.1 Å². The second-order valence-corrected chi connectivity index (χ2v) is 6.53. The Bertz CT molecular complexity index is 586. The molecule has 0 radical (unpaired) electrons. The lowest BCUT2D eigenvalue weighted by atomic mass is 10.00. The summed E-state index contributed by atoms with van der Waals surface area (Å²) in [5.74, 6) is 0.910. The number of pyridine rings is 1. The number of fused-ring (bicyclic) bond motifs is 1. The van der Waals surface area contributed by atoms with E-state index in [0.717, 1.165) is 51.3 Å². The van der Waals surface area contributed by atoms with Crippen LogP contribution in [0, 0.1) is 5.92 Å². The summed E-state index contributed by atoms with van der Waals surface area (Å²) in [4.78, 5) is 17.6. The smallest absolute Gasteiger partial charge is 0.328 e. The van der Waals surface area contributed by atoms with E-state index in [2.05, 4.69) is 22.3 Å². The molecule has 2 aliphatic rings. The first-order valence-electron chi connectivity index (χ1n) is 8.55. The highest BCUT2D eigenvalue weighted by Gasteiger charge is 2.21. The molecule has 0 saturated carbocycles.